The summed E-state index contributed by atoms with van der Waals surface area (Å²) in [6.07, 6.45) is 2.19. The van der Waals surface area contributed by atoms with E-state index in [-0.39, 0.29) is 34.4 Å². The third-order valence-corrected chi connectivity index (χ3v) is 7.44. The third kappa shape index (κ3) is 6.64. The lowest BCUT2D eigenvalue weighted by Gasteiger charge is -2.23. The number of amides is 3. The molecule has 3 rings (SSSR count). The largest absolute Gasteiger partial charge is 0.385 e. The van der Waals surface area contributed by atoms with Crippen LogP contribution in [0.1, 0.15) is 39.5 Å². The van der Waals surface area contributed by atoms with Crippen molar-refractivity contribution >= 4 is 40.9 Å². The first-order valence-electron chi connectivity index (χ1n) is 11.9. The van der Waals surface area contributed by atoms with Gasteiger partial charge in [0.1, 0.15) is 12.0 Å². The van der Waals surface area contributed by atoms with Crippen molar-refractivity contribution in [2.24, 2.45) is 5.92 Å². The van der Waals surface area contributed by atoms with Crippen molar-refractivity contribution in [1.29, 1.82) is 5.26 Å². The Morgan fingerprint density at radius 3 is 2.79 bits per heavy atom. The molecule has 3 N–H and O–H groups in total. The lowest BCUT2D eigenvalue weighted by atomic mass is 10.1. The highest BCUT2D eigenvalue weighted by Crippen LogP contribution is 2.37. The molecule has 4 unspecified atom stereocenters. The summed E-state index contributed by atoms with van der Waals surface area (Å²) in [4.78, 5) is 39.1. The SMILES string of the molecule is CCNC(=O)C(C#N)CC1SC(CCNc2cccc(NC(=O)C3CCCO3)c2)C(=O)N1CC. The quantitative estimate of drug-likeness (QED) is 0.438. The molecular formula is C24H33N5O4S. The molecule has 3 amide bonds. The highest BCUT2D eigenvalue weighted by atomic mass is 32.2. The lowest BCUT2D eigenvalue weighted by Crippen LogP contribution is -2.38. The van der Waals surface area contributed by atoms with Crippen LogP contribution in [0, 0.1) is 17.2 Å². The summed E-state index contributed by atoms with van der Waals surface area (Å²) in [7, 11) is 0. The Bertz CT molecular complexity index is 915. The van der Waals surface area contributed by atoms with Crippen LogP contribution in [-0.2, 0) is 19.1 Å². The highest BCUT2D eigenvalue weighted by molar-refractivity contribution is 8.01. The van der Waals surface area contributed by atoms with Crippen LogP contribution in [0.4, 0.5) is 11.4 Å². The molecule has 2 heterocycles. The number of ether oxygens (including phenoxy) is 1. The van der Waals surface area contributed by atoms with E-state index in [0.29, 0.717) is 44.8 Å². The first kappa shape index (κ1) is 25.8. The molecule has 9 nitrogen and oxygen atoms in total. The van der Waals surface area contributed by atoms with Crippen LogP contribution in [0.25, 0.3) is 0 Å². The first-order valence-corrected chi connectivity index (χ1v) is 12.8. The zero-order valence-electron chi connectivity index (χ0n) is 19.7. The number of hydrogen-bond donors (Lipinski definition) is 3. The molecule has 2 saturated heterocycles. The Hall–Kier alpha value is -2.77. The molecule has 0 bridgehead atoms. The second-order valence-electron chi connectivity index (χ2n) is 8.30. The maximum atomic E-state index is 12.9. The molecule has 0 radical (unpaired) electrons. The zero-order valence-corrected chi connectivity index (χ0v) is 20.5. The van der Waals surface area contributed by atoms with Crippen molar-refractivity contribution in [3.63, 3.8) is 0 Å². The molecule has 184 valence electrons. The molecule has 4 atom stereocenters. The zero-order chi connectivity index (χ0) is 24.5. The average molecular weight is 488 g/mol. The topological polar surface area (TPSA) is 124 Å². The van der Waals surface area contributed by atoms with Gasteiger partial charge in [0.25, 0.3) is 5.91 Å². The Morgan fingerprint density at radius 2 is 2.12 bits per heavy atom. The minimum atomic E-state index is -0.774. The van der Waals surface area contributed by atoms with Gasteiger partial charge >= 0.3 is 0 Å². The van der Waals surface area contributed by atoms with Gasteiger partial charge in [0.15, 0.2) is 0 Å². The van der Waals surface area contributed by atoms with E-state index in [1.807, 2.05) is 38.1 Å². The predicted octanol–water partition coefficient (Wildman–Crippen LogP) is 2.56. The number of hydrogen-bond acceptors (Lipinski definition) is 7. The minimum absolute atomic E-state index is 0.0458. The molecule has 34 heavy (non-hydrogen) atoms. The molecular weight excluding hydrogens is 454 g/mol. The van der Waals surface area contributed by atoms with E-state index in [9.17, 15) is 19.6 Å². The number of nitrogens with one attached hydrogen (secondary N) is 3. The second kappa shape index (κ2) is 12.6. The van der Waals surface area contributed by atoms with Gasteiger partial charge in [-0.05, 0) is 51.3 Å². The standard InChI is InChI=1S/C24H33N5O4S/c1-3-26-22(30)16(15-25)13-21-29(4-2)24(32)20(34-21)10-11-27-17-7-5-8-18(14-17)28-23(31)19-9-6-12-33-19/h5,7-8,14,16,19-21,27H,3-4,6,9-13H2,1-2H3,(H,26,30)(H,28,31). The van der Waals surface area contributed by atoms with Gasteiger partial charge in [-0.2, -0.15) is 5.26 Å². The van der Waals surface area contributed by atoms with Crippen LogP contribution < -0.4 is 16.0 Å². The van der Waals surface area contributed by atoms with Gasteiger partial charge in [-0.25, -0.2) is 0 Å². The number of nitrogens with zero attached hydrogens (tertiary/aromatic N) is 2. The van der Waals surface area contributed by atoms with Gasteiger partial charge in [0.2, 0.25) is 11.8 Å². The predicted molar refractivity (Wildman–Crippen MR) is 132 cm³/mol. The maximum Gasteiger partial charge on any atom is 0.253 e. The van der Waals surface area contributed by atoms with E-state index in [0.717, 1.165) is 18.5 Å². The van der Waals surface area contributed by atoms with Gasteiger partial charge in [-0.3, -0.25) is 14.4 Å². The summed E-state index contributed by atoms with van der Waals surface area (Å²) in [5, 5.41) is 17.9. The fourth-order valence-electron chi connectivity index (χ4n) is 4.16. The third-order valence-electron chi connectivity index (χ3n) is 5.92. The van der Waals surface area contributed by atoms with E-state index < -0.39 is 5.92 Å². The van der Waals surface area contributed by atoms with Crippen molar-refractivity contribution < 1.29 is 19.1 Å². The summed E-state index contributed by atoms with van der Waals surface area (Å²) in [6, 6.07) is 9.55. The summed E-state index contributed by atoms with van der Waals surface area (Å²) in [6.45, 7) is 5.94. The van der Waals surface area contributed by atoms with Gasteiger partial charge in [-0.1, -0.05) is 6.07 Å². The average Bonchev–Trinajstić information content (AvgIpc) is 3.46. The van der Waals surface area contributed by atoms with Crippen LogP contribution >= 0.6 is 11.8 Å². The molecule has 2 aliphatic heterocycles. The highest BCUT2D eigenvalue weighted by Gasteiger charge is 2.40. The lowest BCUT2D eigenvalue weighted by molar-refractivity contribution is -0.131. The van der Waals surface area contributed by atoms with Crippen molar-refractivity contribution in [2.75, 3.05) is 36.9 Å². The smallest absolute Gasteiger partial charge is 0.253 e. The molecule has 0 saturated carbocycles. The number of thioether (sulfide) groups is 1. The Kier molecular flexibility index (Phi) is 9.60. The summed E-state index contributed by atoms with van der Waals surface area (Å²) >= 11 is 1.53. The normalized spacial score (nSPS) is 22.8. The summed E-state index contributed by atoms with van der Waals surface area (Å²) in [5.74, 6) is -1.14. The number of carbonyl (C=O) groups excluding carboxylic acids is 3. The summed E-state index contributed by atoms with van der Waals surface area (Å²) < 4.78 is 5.43. The van der Waals surface area contributed by atoms with Crippen molar-refractivity contribution in [1.82, 2.24) is 10.2 Å². The van der Waals surface area contributed by atoms with Crippen LogP contribution in [0.3, 0.4) is 0 Å². The van der Waals surface area contributed by atoms with Crippen LogP contribution in [-0.4, -0.2) is 65.6 Å². The Labute approximate surface area is 205 Å². The first-order chi connectivity index (χ1) is 16.5. The number of nitriles is 1. The summed E-state index contributed by atoms with van der Waals surface area (Å²) in [5.41, 5.74) is 1.55. The van der Waals surface area contributed by atoms with Crippen LogP contribution in [0.5, 0.6) is 0 Å². The molecule has 2 fully saturated rings. The number of anilines is 2. The van der Waals surface area contributed by atoms with Gasteiger partial charge < -0.3 is 25.6 Å². The van der Waals surface area contributed by atoms with Gasteiger partial charge in [0, 0.05) is 44.0 Å². The van der Waals surface area contributed by atoms with Gasteiger partial charge in [-0.15, -0.1) is 11.8 Å². The number of rotatable bonds is 11. The number of benzene rings is 1. The fourth-order valence-corrected chi connectivity index (χ4v) is 5.75. The second-order valence-corrected chi connectivity index (χ2v) is 9.69. The van der Waals surface area contributed by atoms with E-state index in [4.69, 9.17) is 4.74 Å². The van der Waals surface area contributed by atoms with Crippen molar-refractivity contribution in [3.8, 4) is 6.07 Å². The van der Waals surface area contributed by atoms with E-state index in [1.54, 1.807) is 4.90 Å². The maximum absolute atomic E-state index is 12.9. The number of carbonyl (C=O) groups is 3. The molecule has 1 aromatic rings. The molecule has 1 aromatic carbocycles. The minimum Gasteiger partial charge on any atom is -0.385 e. The fraction of sp³-hybridized carbons (Fsp3) is 0.583. The van der Waals surface area contributed by atoms with Crippen LogP contribution in [0.2, 0.25) is 0 Å². The van der Waals surface area contributed by atoms with E-state index in [1.165, 1.54) is 11.8 Å². The molecule has 0 aliphatic carbocycles. The molecule has 10 heteroatoms. The van der Waals surface area contributed by atoms with Crippen molar-refractivity contribution in [2.45, 2.75) is 56.3 Å². The molecule has 2 aliphatic rings. The molecule has 0 spiro atoms. The van der Waals surface area contributed by atoms with E-state index in [2.05, 4.69) is 22.0 Å². The molecule has 0 aromatic heterocycles. The Morgan fingerprint density at radius 1 is 1.32 bits per heavy atom. The van der Waals surface area contributed by atoms with Gasteiger partial charge in [0.05, 0.1) is 16.7 Å². The van der Waals surface area contributed by atoms with Crippen LogP contribution in [0.15, 0.2) is 24.3 Å². The monoisotopic (exact) mass is 487 g/mol. The van der Waals surface area contributed by atoms with E-state index >= 15 is 0 Å². The Balaban J connectivity index is 1.51. The van der Waals surface area contributed by atoms with Crippen molar-refractivity contribution in [3.05, 3.63) is 24.3 Å².